The number of carbonyl (C=O) groups is 2. The van der Waals surface area contributed by atoms with Crippen LogP contribution in [-0.4, -0.2) is 88.1 Å². The lowest BCUT2D eigenvalue weighted by atomic mass is 10.1. The number of ether oxygens (including phenoxy) is 2. The number of anilines is 2. The van der Waals surface area contributed by atoms with Crippen LogP contribution in [-0.2, 0) is 40.5 Å². The number of aromatic hydroxyl groups is 2. The number of hydrogen-bond donors (Lipinski definition) is 4. The fraction of sp³-hybridized carbons (Fsp3) is 0.0476. The van der Waals surface area contributed by atoms with Crippen molar-refractivity contribution in [3.05, 3.63) is 116 Å². The van der Waals surface area contributed by atoms with Crippen molar-refractivity contribution in [2.75, 3.05) is 24.9 Å². The summed E-state index contributed by atoms with van der Waals surface area (Å²) >= 11 is 24.3. The third kappa shape index (κ3) is 11.3. The number of halogens is 4. The standard InChI is InChI=1S/C42H28Cl4N6O18S4/c1-69-30-16-27(50-52-38-33(74(66,67)68)11-18-9-21(72(60,61)62)14-29(35(18)40(38)54)48-42(56)23-4-3-5-24(44)36(23)46)31(70-2)15-26(30)49-51-37-32(73(63,64)65)10-17-8-20(71(57,58)59)13-28(34(17)39(37)53)47-41(55)22-7-6-19(43)12-25(22)45/h3-16,53-54H,1-2H3,(H,47,55)(H,48,56)(H,57,58,59)(H,60,61,62)(H,63,64,65)(H,66,67,68)/p-4. The molecule has 0 heterocycles. The highest BCUT2D eigenvalue weighted by atomic mass is 35.5. The van der Waals surface area contributed by atoms with Gasteiger partial charge in [-0.2, -0.15) is 0 Å². The summed E-state index contributed by atoms with van der Waals surface area (Å²) in [5.41, 5.74) is -4.79. The Hall–Kier alpha value is -6.80. The number of methoxy groups -OCH3 is 2. The Bertz CT molecular complexity index is 4130. The molecule has 7 rings (SSSR count). The van der Waals surface area contributed by atoms with Crippen molar-refractivity contribution in [2.45, 2.75) is 19.6 Å². The van der Waals surface area contributed by atoms with Crippen molar-refractivity contribution < 1.29 is 81.2 Å². The predicted molar refractivity (Wildman–Crippen MR) is 260 cm³/mol. The van der Waals surface area contributed by atoms with Crippen LogP contribution >= 0.6 is 46.4 Å². The second-order valence-corrected chi connectivity index (χ2v) is 21.9. The molecule has 7 aromatic carbocycles. The van der Waals surface area contributed by atoms with E-state index in [4.69, 9.17) is 55.9 Å². The van der Waals surface area contributed by atoms with Crippen molar-refractivity contribution in [2.24, 2.45) is 20.5 Å². The van der Waals surface area contributed by atoms with Gasteiger partial charge in [0.15, 0.2) is 11.5 Å². The van der Waals surface area contributed by atoms with E-state index < -0.39 is 139 Å². The molecule has 0 fully saturated rings. The Morgan fingerprint density at radius 3 is 1.35 bits per heavy atom. The summed E-state index contributed by atoms with van der Waals surface area (Å²) in [5.74, 6) is -5.24. The normalized spacial score (nSPS) is 12.5. The van der Waals surface area contributed by atoms with Gasteiger partial charge >= 0.3 is 0 Å². The quantitative estimate of drug-likeness (QED) is 0.0582. The SMILES string of the molecule is COc1cc(N=Nc2c(S(=O)(=O)[O-])cc3cc(S(=O)(=O)[O-])cc(NC(=O)c4cccc(Cl)c4Cl)c3c2O)c(OC)cc1N=Nc1c(S(=O)(=O)[O-])cc2cc(S(=O)(=O)[O-])cc(NC(=O)c3ccc(Cl)cc3Cl)c2c1O. The first-order valence-corrected chi connectivity index (χ1v) is 26.7. The van der Waals surface area contributed by atoms with Gasteiger partial charge < -0.3 is 48.5 Å². The molecule has 32 heteroatoms. The second kappa shape index (κ2) is 20.5. The average Bonchev–Trinajstić information content (AvgIpc) is 3.29. The third-order valence-corrected chi connectivity index (χ3v) is 14.9. The summed E-state index contributed by atoms with van der Waals surface area (Å²) in [4.78, 5) is 22.1. The maximum Gasteiger partial charge on any atom is 0.257 e. The van der Waals surface area contributed by atoms with E-state index >= 15 is 0 Å². The molecule has 0 radical (unpaired) electrons. The molecule has 24 nitrogen and oxygen atoms in total. The second-order valence-electron chi connectivity index (χ2n) is 14.8. The number of fused-ring (bicyclic) bond motifs is 2. The first-order chi connectivity index (χ1) is 34.4. The number of phenols is 2. The summed E-state index contributed by atoms with van der Waals surface area (Å²) in [6.07, 6.45) is 0. The minimum Gasteiger partial charge on any atom is -0.744 e. The van der Waals surface area contributed by atoms with Crippen LogP contribution in [0.5, 0.6) is 23.0 Å². The molecule has 0 aliphatic rings. The first kappa shape index (κ1) is 55.0. The smallest absolute Gasteiger partial charge is 0.257 e. The molecular weight excluding hydrogens is 1150 g/mol. The molecular formula is C42H24Cl4N6O18S4-4. The van der Waals surface area contributed by atoms with Crippen LogP contribution in [0.4, 0.5) is 34.1 Å². The first-order valence-electron chi connectivity index (χ1n) is 19.5. The van der Waals surface area contributed by atoms with Crippen LogP contribution in [0.1, 0.15) is 20.7 Å². The molecule has 0 saturated carbocycles. The molecule has 0 unspecified atom stereocenters. The summed E-state index contributed by atoms with van der Waals surface area (Å²) in [5, 5.41) is 40.4. The fourth-order valence-electron chi connectivity index (χ4n) is 6.94. The molecule has 0 spiro atoms. The zero-order valence-electron chi connectivity index (χ0n) is 36.4. The van der Waals surface area contributed by atoms with E-state index in [1.54, 1.807) is 0 Å². The molecule has 0 aliphatic carbocycles. The average molecular weight is 1170 g/mol. The summed E-state index contributed by atoms with van der Waals surface area (Å²) in [6.45, 7) is 0. The van der Waals surface area contributed by atoms with Gasteiger partial charge in [-0.1, -0.05) is 52.5 Å². The number of nitrogens with one attached hydrogen (secondary N) is 2. The molecule has 0 aromatic heterocycles. The number of azo groups is 2. The Labute approximate surface area is 436 Å². The number of amides is 2. The fourth-order valence-corrected chi connectivity index (χ4v) is 10.2. The van der Waals surface area contributed by atoms with Gasteiger partial charge in [0.1, 0.15) is 74.7 Å². The molecule has 0 saturated heterocycles. The molecule has 7 aromatic rings. The van der Waals surface area contributed by atoms with E-state index in [2.05, 4.69) is 31.1 Å². The van der Waals surface area contributed by atoms with Crippen LogP contribution in [0.25, 0.3) is 21.5 Å². The molecule has 2 amide bonds. The van der Waals surface area contributed by atoms with E-state index in [1.165, 1.54) is 36.4 Å². The van der Waals surface area contributed by atoms with Gasteiger partial charge in [-0.05, 0) is 77.5 Å². The highest BCUT2D eigenvalue weighted by molar-refractivity contribution is 7.86. The van der Waals surface area contributed by atoms with Crippen molar-refractivity contribution >= 4 is 154 Å². The van der Waals surface area contributed by atoms with E-state index in [1.807, 2.05) is 0 Å². The Morgan fingerprint density at radius 2 is 0.959 bits per heavy atom. The van der Waals surface area contributed by atoms with E-state index in [9.17, 15) is 71.7 Å². The molecule has 74 heavy (non-hydrogen) atoms. The van der Waals surface area contributed by atoms with Crippen molar-refractivity contribution in [3.8, 4) is 23.0 Å². The Balaban J connectivity index is 1.37. The largest absolute Gasteiger partial charge is 0.744 e. The van der Waals surface area contributed by atoms with Crippen molar-refractivity contribution in [1.82, 2.24) is 0 Å². The zero-order chi connectivity index (χ0) is 54.6. The maximum absolute atomic E-state index is 13.4. The maximum atomic E-state index is 13.4. The van der Waals surface area contributed by atoms with Gasteiger partial charge in [0, 0.05) is 27.9 Å². The van der Waals surface area contributed by atoms with Crippen molar-refractivity contribution in [3.63, 3.8) is 0 Å². The zero-order valence-corrected chi connectivity index (χ0v) is 42.7. The number of phenolic OH excluding ortho intramolecular Hbond substituents is 2. The molecule has 0 aliphatic heterocycles. The van der Waals surface area contributed by atoms with Gasteiger partial charge in [-0.15, -0.1) is 20.5 Å². The highest BCUT2D eigenvalue weighted by Crippen LogP contribution is 2.49. The van der Waals surface area contributed by atoms with Gasteiger partial charge in [-0.3, -0.25) is 9.59 Å². The Morgan fingerprint density at radius 1 is 0.527 bits per heavy atom. The van der Waals surface area contributed by atoms with Crippen molar-refractivity contribution in [1.29, 1.82) is 0 Å². The molecule has 386 valence electrons. The number of nitrogens with zero attached hydrogens (tertiary/aromatic N) is 4. The predicted octanol–water partition coefficient (Wildman–Crippen LogP) is 8.99. The van der Waals surface area contributed by atoms with Gasteiger partial charge in [0.05, 0.1) is 71.4 Å². The topological polar surface area (TPSA) is 395 Å². The summed E-state index contributed by atoms with van der Waals surface area (Å²) in [7, 11) is -20.0. The summed E-state index contributed by atoms with van der Waals surface area (Å²) in [6, 6.07) is 13.0. The van der Waals surface area contributed by atoms with Crippen LogP contribution in [0, 0.1) is 0 Å². The lowest BCUT2D eigenvalue weighted by Crippen LogP contribution is -2.14. The minimum atomic E-state index is -5.67. The number of rotatable bonds is 14. The van der Waals surface area contributed by atoms with E-state index in [0.717, 1.165) is 26.4 Å². The highest BCUT2D eigenvalue weighted by Gasteiger charge is 2.26. The summed E-state index contributed by atoms with van der Waals surface area (Å²) < 4.78 is 160. The van der Waals surface area contributed by atoms with Gasteiger partial charge in [-0.25, -0.2) is 33.7 Å². The number of carbonyl (C=O) groups excluding carboxylic acids is 2. The minimum absolute atomic E-state index is 0.0772. The molecule has 0 bridgehead atoms. The lowest BCUT2D eigenvalue weighted by molar-refractivity contribution is 0.101. The number of hydrogen-bond acceptors (Lipinski definition) is 22. The van der Waals surface area contributed by atoms with Crippen LogP contribution < -0.4 is 20.1 Å². The van der Waals surface area contributed by atoms with Crippen LogP contribution in [0.3, 0.4) is 0 Å². The van der Waals surface area contributed by atoms with Crippen LogP contribution in [0.15, 0.2) is 125 Å². The van der Waals surface area contributed by atoms with Gasteiger partial charge in [0.2, 0.25) is 0 Å². The lowest BCUT2D eigenvalue weighted by Gasteiger charge is -2.18. The van der Waals surface area contributed by atoms with E-state index in [-0.39, 0.29) is 42.7 Å². The molecule has 4 N–H and O–H groups in total. The molecule has 0 atom stereocenters. The monoisotopic (exact) mass is 1170 g/mol. The third-order valence-electron chi connectivity index (χ3n) is 10.2. The van der Waals surface area contributed by atoms with Gasteiger partial charge in [0.25, 0.3) is 11.8 Å². The Kier molecular flexibility index (Phi) is 15.2. The van der Waals surface area contributed by atoms with Crippen LogP contribution in [0.2, 0.25) is 20.1 Å². The van der Waals surface area contributed by atoms with E-state index in [0.29, 0.717) is 36.4 Å². The number of benzene rings is 7.